The number of nitrogens with zero attached hydrogens (tertiary/aromatic N) is 1. The number of Topliss-reactive ketones (excluding diaryl/α,β-unsaturated/α-hetero) is 1. The molecule has 2 rings (SSSR count). The minimum Gasteiger partial charge on any atom is -0.328 e. The average molecular weight is 232 g/mol. The predicted molar refractivity (Wildman–Crippen MR) is 67.7 cm³/mol. The minimum absolute atomic E-state index is 0.216. The van der Waals surface area contributed by atoms with Gasteiger partial charge in [0.2, 0.25) is 0 Å². The molecule has 1 aliphatic rings. The fourth-order valence-corrected chi connectivity index (χ4v) is 2.48. The van der Waals surface area contributed by atoms with Crippen molar-refractivity contribution in [2.75, 3.05) is 0 Å². The molecule has 0 unspecified atom stereocenters. The van der Waals surface area contributed by atoms with Crippen molar-refractivity contribution in [3.05, 3.63) is 30.1 Å². The number of pyridine rings is 1. The fourth-order valence-electron chi connectivity index (χ4n) is 2.48. The molecule has 0 aromatic carbocycles. The third-order valence-electron chi connectivity index (χ3n) is 3.65. The topological polar surface area (TPSA) is 56.0 Å². The summed E-state index contributed by atoms with van der Waals surface area (Å²) in [6.45, 7) is 0. The summed E-state index contributed by atoms with van der Waals surface area (Å²) in [4.78, 5) is 15.9. The standard InChI is InChI=1S/C14H20N2O/c15-13-6-3-11(4-7-13)5-8-14(17)12-2-1-9-16-10-12/h1-2,9-11,13H,3-8,15H2. The quantitative estimate of drug-likeness (QED) is 0.812. The first-order valence-corrected chi connectivity index (χ1v) is 6.44. The second-order valence-corrected chi connectivity index (χ2v) is 4.98. The lowest BCUT2D eigenvalue weighted by molar-refractivity contribution is 0.0969. The molecule has 3 nitrogen and oxygen atoms in total. The van der Waals surface area contributed by atoms with Crippen molar-refractivity contribution in [1.29, 1.82) is 0 Å². The van der Waals surface area contributed by atoms with E-state index in [1.807, 2.05) is 12.1 Å². The molecule has 0 bridgehead atoms. The Bertz CT molecular complexity index is 356. The first-order chi connectivity index (χ1) is 8.25. The van der Waals surface area contributed by atoms with Crippen LogP contribution in [0.1, 0.15) is 48.9 Å². The van der Waals surface area contributed by atoms with Crippen LogP contribution in [-0.4, -0.2) is 16.8 Å². The molecule has 0 saturated heterocycles. The van der Waals surface area contributed by atoms with Gasteiger partial charge >= 0.3 is 0 Å². The SMILES string of the molecule is NC1CCC(CCC(=O)c2cccnc2)CC1. The maximum Gasteiger partial charge on any atom is 0.164 e. The molecular formula is C14H20N2O. The maximum atomic E-state index is 11.9. The molecular weight excluding hydrogens is 212 g/mol. The lowest BCUT2D eigenvalue weighted by Gasteiger charge is -2.25. The number of carbonyl (C=O) groups excluding carboxylic acids is 1. The van der Waals surface area contributed by atoms with Gasteiger partial charge in [-0.25, -0.2) is 0 Å². The molecule has 0 aliphatic heterocycles. The summed E-state index contributed by atoms with van der Waals surface area (Å²) in [5.41, 5.74) is 6.60. The van der Waals surface area contributed by atoms with Crippen molar-refractivity contribution in [3.63, 3.8) is 0 Å². The molecule has 1 aromatic heterocycles. The van der Waals surface area contributed by atoms with Crippen molar-refractivity contribution in [1.82, 2.24) is 4.98 Å². The van der Waals surface area contributed by atoms with Crippen molar-refractivity contribution in [3.8, 4) is 0 Å². The van der Waals surface area contributed by atoms with Gasteiger partial charge in [0.25, 0.3) is 0 Å². The van der Waals surface area contributed by atoms with E-state index in [0.29, 0.717) is 18.4 Å². The Morgan fingerprint density at radius 3 is 2.76 bits per heavy atom. The monoisotopic (exact) mass is 232 g/mol. The summed E-state index contributed by atoms with van der Waals surface area (Å²) >= 11 is 0. The van der Waals surface area contributed by atoms with Crippen LogP contribution in [-0.2, 0) is 0 Å². The van der Waals surface area contributed by atoms with Crippen LogP contribution in [0.2, 0.25) is 0 Å². The van der Waals surface area contributed by atoms with Gasteiger partial charge in [-0.15, -0.1) is 0 Å². The normalized spacial score (nSPS) is 24.5. The average Bonchev–Trinajstić information content (AvgIpc) is 2.39. The molecule has 0 amide bonds. The Balaban J connectivity index is 1.77. The van der Waals surface area contributed by atoms with Crippen LogP contribution in [0.5, 0.6) is 0 Å². The number of aromatic nitrogens is 1. The number of rotatable bonds is 4. The highest BCUT2D eigenvalue weighted by molar-refractivity contribution is 5.95. The van der Waals surface area contributed by atoms with Gasteiger partial charge in [0, 0.05) is 30.4 Å². The van der Waals surface area contributed by atoms with Crippen molar-refractivity contribution in [2.45, 2.75) is 44.6 Å². The highest BCUT2D eigenvalue weighted by Gasteiger charge is 2.19. The van der Waals surface area contributed by atoms with Crippen LogP contribution in [0.15, 0.2) is 24.5 Å². The molecule has 17 heavy (non-hydrogen) atoms. The molecule has 3 heteroatoms. The molecule has 0 spiro atoms. The molecule has 2 N–H and O–H groups in total. The second kappa shape index (κ2) is 5.92. The number of hydrogen-bond acceptors (Lipinski definition) is 3. The summed E-state index contributed by atoms with van der Waals surface area (Å²) < 4.78 is 0. The van der Waals surface area contributed by atoms with E-state index >= 15 is 0 Å². The highest BCUT2D eigenvalue weighted by Crippen LogP contribution is 2.27. The van der Waals surface area contributed by atoms with Crippen molar-refractivity contribution in [2.24, 2.45) is 11.7 Å². The third-order valence-corrected chi connectivity index (χ3v) is 3.65. The fraction of sp³-hybridized carbons (Fsp3) is 0.571. The number of nitrogens with two attached hydrogens (primary N) is 1. The van der Waals surface area contributed by atoms with E-state index in [4.69, 9.17) is 5.73 Å². The molecule has 1 fully saturated rings. The van der Waals surface area contributed by atoms with E-state index in [1.165, 1.54) is 12.8 Å². The smallest absolute Gasteiger partial charge is 0.164 e. The van der Waals surface area contributed by atoms with Gasteiger partial charge in [0.05, 0.1) is 0 Å². The highest BCUT2D eigenvalue weighted by atomic mass is 16.1. The van der Waals surface area contributed by atoms with Crippen LogP contribution >= 0.6 is 0 Å². The largest absolute Gasteiger partial charge is 0.328 e. The molecule has 0 atom stereocenters. The van der Waals surface area contributed by atoms with E-state index in [0.717, 1.165) is 24.8 Å². The zero-order valence-electron chi connectivity index (χ0n) is 10.1. The van der Waals surface area contributed by atoms with Crippen molar-refractivity contribution < 1.29 is 4.79 Å². The zero-order chi connectivity index (χ0) is 12.1. The second-order valence-electron chi connectivity index (χ2n) is 4.98. The Kier molecular flexibility index (Phi) is 4.26. The Morgan fingerprint density at radius 2 is 2.12 bits per heavy atom. The van der Waals surface area contributed by atoms with Gasteiger partial charge < -0.3 is 5.73 Å². The van der Waals surface area contributed by atoms with Crippen LogP contribution in [0.4, 0.5) is 0 Å². The van der Waals surface area contributed by atoms with Gasteiger partial charge in [0.15, 0.2) is 5.78 Å². The van der Waals surface area contributed by atoms with E-state index in [1.54, 1.807) is 12.4 Å². The summed E-state index contributed by atoms with van der Waals surface area (Å²) in [7, 11) is 0. The molecule has 1 heterocycles. The van der Waals surface area contributed by atoms with Crippen LogP contribution in [0, 0.1) is 5.92 Å². The number of carbonyl (C=O) groups is 1. The lowest BCUT2D eigenvalue weighted by atomic mass is 9.83. The Morgan fingerprint density at radius 1 is 1.35 bits per heavy atom. The van der Waals surface area contributed by atoms with Crippen molar-refractivity contribution >= 4 is 5.78 Å². The molecule has 1 aliphatic carbocycles. The third kappa shape index (κ3) is 3.63. The van der Waals surface area contributed by atoms with E-state index in [2.05, 4.69) is 4.98 Å². The van der Waals surface area contributed by atoms with Gasteiger partial charge in [0.1, 0.15) is 0 Å². The van der Waals surface area contributed by atoms with Crippen LogP contribution in [0.3, 0.4) is 0 Å². The lowest BCUT2D eigenvalue weighted by Crippen LogP contribution is -2.26. The summed E-state index contributed by atoms with van der Waals surface area (Å²) in [6, 6.07) is 4.04. The Hall–Kier alpha value is -1.22. The first-order valence-electron chi connectivity index (χ1n) is 6.44. The van der Waals surface area contributed by atoms with Gasteiger partial charge in [-0.1, -0.05) is 0 Å². The van der Waals surface area contributed by atoms with Gasteiger partial charge in [-0.05, 0) is 50.2 Å². The maximum absolute atomic E-state index is 11.9. The number of ketones is 1. The molecule has 1 saturated carbocycles. The van der Waals surface area contributed by atoms with Crippen LogP contribution in [0.25, 0.3) is 0 Å². The first kappa shape index (κ1) is 12.2. The molecule has 92 valence electrons. The zero-order valence-corrected chi connectivity index (χ0v) is 10.1. The summed E-state index contributed by atoms with van der Waals surface area (Å²) in [5, 5.41) is 0. The molecule has 0 radical (unpaired) electrons. The Labute approximate surface area is 102 Å². The van der Waals surface area contributed by atoms with E-state index < -0.39 is 0 Å². The molecule has 1 aromatic rings. The summed E-state index contributed by atoms with van der Waals surface area (Å²) in [6.07, 6.45) is 9.59. The summed E-state index contributed by atoms with van der Waals surface area (Å²) in [5.74, 6) is 0.906. The van der Waals surface area contributed by atoms with Gasteiger partial charge in [-0.2, -0.15) is 0 Å². The number of hydrogen-bond donors (Lipinski definition) is 1. The van der Waals surface area contributed by atoms with Gasteiger partial charge in [-0.3, -0.25) is 9.78 Å². The van der Waals surface area contributed by atoms with Crippen LogP contribution < -0.4 is 5.73 Å². The minimum atomic E-state index is 0.216. The van der Waals surface area contributed by atoms with E-state index in [9.17, 15) is 4.79 Å². The predicted octanol–water partition coefficient (Wildman–Crippen LogP) is 2.56. The van der Waals surface area contributed by atoms with E-state index in [-0.39, 0.29) is 5.78 Å².